The van der Waals surface area contributed by atoms with Crippen molar-refractivity contribution in [2.24, 2.45) is 5.11 Å². The third kappa shape index (κ3) is 4.86. The number of hydrogen-bond donors (Lipinski definition) is 3. The van der Waals surface area contributed by atoms with E-state index in [0.717, 1.165) is 21.8 Å². The van der Waals surface area contributed by atoms with Crippen molar-refractivity contribution < 1.29 is 10.2 Å². The summed E-state index contributed by atoms with van der Waals surface area (Å²) >= 11 is 1.67. The molecule has 4 N–H and O–H groups in total. The minimum absolute atomic E-state index is 0.163. The Morgan fingerprint density at radius 3 is 2.60 bits per heavy atom. The Labute approximate surface area is 153 Å². The van der Waals surface area contributed by atoms with E-state index in [2.05, 4.69) is 37.6 Å². The van der Waals surface area contributed by atoms with Gasteiger partial charge in [0.2, 0.25) is 0 Å². The number of nitrogens with zero attached hydrogens (tertiary/aromatic N) is 1. The zero-order chi connectivity index (χ0) is 18.6. The number of benzene rings is 2. The highest BCUT2D eigenvalue weighted by Crippen LogP contribution is 2.38. The van der Waals surface area contributed by atoms with E-state index in [1.807, 2.05) is 43.3 Å². The Balaban J connectivity index is 2.33. The van der Waals surface area contributed by atoms with E-state index >= 15 is 0 Å². The van der Waals surface area contributed by atoms with Crippen LogP contribution in [0.3, 0.4) is 0 Å². The molecule has 0 heterocycles. The highest BCUT2D eigenvalue weighted by Gasteiger charge is 2.21. The van der Waals surface area contributed by atoms with E-state index in [-0.39, 0.29) is 11.2 Å². The first kappa shape index (κ1) is 19.1. The fraction of sp³-hybridized carbons (Fsp3) is 0.300. The fourth-order valence-corrected chi connectivity index (χ4v) is 3.11. The van der Waals surface area contributed by atoms with E-state index in [9.17, 15) is 5.11 Å². The number of nitrogens with two attached hydrogens (primary N) is 1. The SMILES string of the molecule is C=CCSc1ccc([NH+]=Nc2cc(C)cc(C(C)(C)C)c2O)c(N)c1. The quantitative estimate of drug-likeness (QED) is 0.323. The topological polar surface area (TPSA) is 72.6 Å². The van der Waals surface area contributed by atoms with Gasteiger partial charge in [-0.05, 0) is 36.1 Å². The first-order valence-corrected chi connectivity index (χ1v) is 9.15. The maximum absolute atomic E-state index is 10.6. The molecule has 0 aliphatic heterocycles. The number of phenolic OH excluding ortho intramolecular Hbond substituents is 1. The first-order valence-electron chi connectivity index (χ1n) is 8.16. The number of aryl methyl sites for hydroxylation is 1. The molecule has 2 rings (SSSR count). The molecule has 0 aliphatic carbocycles. The van der Waals surface area contributed by atoms with E-state index < -0.39 is 0 Å². The van der Waals surface area contributed by atoms with Crippen molar-refractivity contribution in [1.82, 2.24) is 0 Å². The predicted molar refractivity (Wildman–Crippen MR) is 106 cm³/mol. The maximum Gasteiger partial charge on any atom is 0.252 e. The second-order valence-electron chi connectivity index (χ2n) is 7.00. The van der Waals surface area contributed by atoms with Crippen LogP contribution >= 0.6 is 11.8 Å². The Hall–Kier alpha value is -2.27. The van der Waals surface area contributed by atoms with Gasteiger partial charge in [0.1, 0.15) is 5.69 Å². The van der Waals surface area contributed by atoms with Gasteiger partial charge in [0.05, 0.1) is 0 Å². The van der Waals surface area contributed by atoms with Crippen LogP contribution in [-0.4, -0.2) is 10.9 Å². The van der Waals surface area contributed by atoms with Crippen molar-refractivity contribution in [3.63, 3.8) is 0 Å². The molecule has 4 nitrogen and oxygen atoms in total. The molecule has 2 aromatic rings. The molecule has 0 fully saturated rings. The molecule has 0 radical (unpaired) electrons. The van der Waals surface area contributed by atoms with E-state index in [0.29, 0.717) is 17.1 Å². The van der Waals surface area contributed by atoms with E-state index in [1.54, 1.807) is 11.8 Å². The zero-order valence-corrected chi connectivity index (χ0v) is 16.1. The van der Waals surface area contributed by atoms with Gasteiger partial charge in [-0.3, -0.25) is 0 Å². The Morgan fingerprint density at radius 1 is 1.28 bits per heavy atom. The first-order chi connectivity index (χ1) is 11.7. The summed E-state index contributed by atoms with van der Waals surface area (Å²) in [7, 11) is 0. The van der Waals surface area contributed by atoms with Gasteiger partial charge in [-0.2, -0.15) is 0 Å². The summed E-state index contributed by atoms with van der Waals surface area (Å²) in [6.45, 7) is 11.9. The average Bonchev–Trinajstić information content (AvgIpc) is 2.53. The largest absolute Gasteiger partial charge is 0.505 e. The highest BCUT2D eigenvalue weighted by atomic mass is 32.2. The van der Waals surface area contributed by atoms with Crippen LogP contribution in [0.2, 0.25) is 0 Å². The van der Waals surface area contributed by atoms with Crippen molar-refractivity contribution >= 4 is 28.8 Å². The lowest BCUT2D eigenvalue weighted by Crippen LogP contribution is -2.57. The van der Waals surface area contributed by atoms with Crippen molar-refractivity contribution in [2.45, 2.75) is 38.0 Å². The number of rotatable bonds is 5. The number of nitrogens with one attached hydrogen (secondary N) is 1. The van der Waals surface area contributed by atoms with E-state index in [4.69, 9.17) is 5.73 Å². The summed E-state index contributed by atoms with van der Waals surface area (Å²) in [4.78, 5) is 1.08. The molecule has 2 aromatic carbocycles. The van der Waals surface area contributed by atoms with Crippen LogP contribution in [0.1, 0.15) is 31.9 Å². The molecule has 5 heteroatoms. The fourth-order valence-electron chi connectivity index (χ4n) is 2.42. The maximum atomic E-state index is 10.6. The van der Waals surface area contributed by atoms with Crippen molar-refractivity contribution in [1.29, 1.82) is 0 Å². The van der Waals surface area contributed by atoms with Crippen molar-refractivity contribution in [3.8, 4) is 5.75 Å². The smallest absolute Gasteiger partial charge is 0.252 e. The van der Waals surface area contributed by atoms with Gasteiger partial charge in [0, 0.05) is 27.4 Å². The molecule has 0 saturated carbocycles. The predicted octanol–water partition coefficient (Wildman–Crippen LogP) is 4.35. The lowest BCUT2D eigenvalue weighted by atomic mass is 9.85. The van der Waals surface area contributed by atoms with Gasteiger partial charge in [-0.1, -0.05) is 38.0 Å². The number of nitrogen functional groups attached to an aromatic ring is 1. The lowest BCUT2D eigenvalue weighted by molar-refractivity contribution is -0.432. The molecule has 0 amide bonds. The summed E-state index contributed by atoms with van der Waals surface area (Å²) in [5.74, 6) is 1.03. The number of anilines is 1. The molecule has 0 aromatic heterocycles. The van der Waals surface area contributed by atoms with Crippen molar-refractivity contribution in [3.05, 3.63) is 54.1 Å². The van der Waals surface area contributed by atoms with Crippen LogP contribution in [-0.2, 0) is 5.41 Å². The van der Waals surface area contributed by atoms with Crippen LogP contribution in [0.25, 0.3) is 0 Å². The molecular weight excluding hydrogens is 330 g/mol. The molecule has 0 atom stereocenters. The summed E-state index contributed by atoms with van der Waals surface area (Å²) in [6, 6.07) is 9.62. The summed E-state index contributed by atoms with van der Waals surface area (Å²) in [5, 5.41) is 17.9. The monoisotopic (exact) mass is 356 g/mol. The molecule has 132 valence electrons. The van der Waals surface area contributed by atoms with Crippen LogP contribution < -0.4 is 10.8 Å². The van der Waals surface area contributed by atoms with Crippen LogP contribution in [0, 0.1) is 6.92 Å². The number of thioether (sulfide) groups is 1. The third-order valence-corrected chi connectivity index (χ3v) is 4.72. The minimum atomic E-state index is -0.163. The van der Waals surface area contributed by atoms with Gasteiger partial charge in [0.15, 0.2) is 11.4 Å². The lowest BCUT2D eigenvalue weighted by Gasteiger charge is -2.21. The van der Waals surface area contributed by atoms with E-state index in [1.165, 1.54) is 0 Å². The molecular formula is C20H26N3OS+. The van der Waals surface area contributed by atoms with Gasteiger partial charge < -0.3 is 10.8 Å². The van der Waals surface area contributed by atoms with Gasteiger partial charge in [0.25, 0.3) is 5.69 Å². The van der Waals surface area contributed by atoms with Crippen LogP contribution in [0.15, 0.2) is 53.0 Å². The summed E-state index contributed by atoms with van der Waals surface area (Å²) < 4.78 is 0. The number of hydrogen-bond acceptors (Lipinski definition) is 4. The zero-order valence-electron chi connectivity index (χ0n) is 15.3. The Morgan fingerprint density at radius 2 is 2.00 bits per heavy atom. The summed E-state index contributed by atoms with van der Waals surface area (Å²) in [6.07, 6.45) is 1.86. The van der Waals surface area contributed by atoms with Gasteiger partial charge >= 0.3 is 0 Å². The number of aromatic hydroxyl groups is 1. The molecule has 0 bridgehead atoms. The molecule has 0 aliphatic rings. The van der Waals surface area contributed by atoms with Crippen LogP contribution in [0.5, 0.6) is 5.75 Å². The van der Waals surface area contributed by atoms with Gasteiger partial charge in [-0.25, -0.2) is 0 Å². The molecule has 0 saturated heterocycles. The van der Waals surface area contributed by atoms with Crippen LogP contribution in [0.4, 0.5) is 17.1 Å². The normalized spacial score (nSPS) is 11.8. The number of phenols is 1. The standard InChI is InChI=1S/C20H25N3OS/c1-6-9-25-14-7-8-17(16(21)12-14)22-23-18-11-13(2)10-15(19(18)24)20(3,4)5/h6-8,10-12,24H,1,9,21H2,2-5H3/p+1. The third-order valence-electron chi connectivity index (χ3n) is 3.73. The number of azo groups is 1. The second-order valence-corrected chi connectivity index (χ2v) is 8.10. The molecule has 0 spiro atoms. The average molecular weight is 357 g/mol. The minimum Gasteiger partial charge on any atom is -0.505 e. The summed E-state index contributed by atoms with van der Waals surface area (Å²) in [5.41, 5.74) is 9.69. The molecule has 0 unspecified atom stereocenters. The second kappa shape index (κ2) is 7.74. The Bertz CT molecular complexity index is 807. The highest BCUT2D eigenvalue weighted by molar-refractivity contribution is 7.99. The molecule has 25 heavy (non-hydrogen) atoms. The van der Waals surface area contributed by atoms with Crippen molar-refractivity contribution in [2.75, 3.05) is 11.5 Å². The Kier molecular flexibility index (Phi) is 5.90. The van der Waals surface area contributed by atoms with Gasteiger partial charge in [-0.15, -0.1) is 18.3 Å².